The van der Waals surface area contributed by atoms with Crippen LogP contribution in [0.15, 0.2) is 78.1 Å². The molecule has 0 amide bonds. The van der Waals surface area contributed by atoms with Gasteiger partial charge in [0.1, 0.15) is 11.5 Å². The van der Waals surface area contributed by atoms with Crippen molar-refractivity contribution in [2.24, 2.45) is 0 Å². The molecule has 2 aliphatic heterocycles. The summed E-state index contributed by atoms with van der Waals surface area (Å²) in [5, 5.41) is 4.26. The van der Waals surface area contributed by atoms with E-state index < -0.39 is 0 Å². The van der Waals surface area contributed by atoms with E-state index in [1.54, 1.807) is 23.9 Å². The molecular weight excluding hydrogens is 383 g/mol. The van der Waals surface area contributed by atoms with Gasteiger partial charge in [0.25, 0.3) is 0 Å². The van der Waals surface area contributed by atoms with Crippen molar-refractivity contribution in [3.63, 3.8) is 0 Å². The molecule has 6 heteroatoms. The van der Waals surface area contributed by atoms with Gasteiger partial charge >= 0.3 is 0 Å². The molecule has 0 radical (unpaired) electrons. The number of fused-ring (bicyclic) bond motifs is 1. The molecule has 29 heavy (non-hydrogen) atoms. The zero-order valence-corrected chi connectivity index (χ0v) is 17.1. The highest BCUT2D eigenvalue weighted by Gasteiger charge is 2.19. The molecule has 1 atom stereocenters. The standard InChI is InChI=1S/C23H23FN4S/c1-2-20(15-25-19-7-4-3-5-8-19)28-14-6-9-21-22(28)27-23(26-21)29-16-17-10-12-18(24)13-11-17/h3-14,20,25H,2,15-16H2,1H3. The Bertz CT molecular complexity index is 1020. The van der Waals surface area contributed by atoms with E-state index in [0.29, 0.717) is 5.75 Å². The predicted octanol–water partition coefficient (Wildman–Crippen LogP) is 5.88. The minimum Gasteiger partial charge on any atom is -0.383 e. The summed E-state index contributed by atoms with van der Waals surface area (Å²) in [5.41, 5.74) is 3.06. The molecule has 0 aromatic heterocycles. The first kappa shape index (κ1) is 19.5. The second-order valence-electron chi connectivity index (χ2n) is 6.85. The zero-order valence-electron chi connectivity index (χ0n) is 16.3. The molecule has 0 saturated heterocycles. The lowest BCUT2D eigenvalue weighted by molar-refractivity contribution is 0.506. The minimum atomic E-state index is -0.218. The number of rotatable bonds is 8. The van der Waals surface area contributed by atoms with Gasteiger partial charge < -0.3 is 9.88 Å². The highest BCUT2D eigenvalue weighted by atomic mass is 32.2. The van der Waals surface area contributed by atoms with E-state index in [0.717, 1.165) is 40.9 Å². The van der Waals surface area contributed by atoms with Gasteiger partial charge in [-0.2, -0.15) is 0 Å². The highest BCUT2D eigenvalue weighted by molar-refractivity contribution is 7.98. The Balaban J connectivity index is 1.49. The molecular formula is C23H23FN4S. The van der Waals surface area contributed by atoms with Crippen LogP contribution in [-0.2, 0) is 5.75 Å². The average molecular weight is 407 g/mol. The van der Waals surface area contributed by atoms with E-state index in [1.807, 2.05) is 30.3 Å². The van der Waals surface area contributed by atoms with E-state index in [9.17, 15) is 4.39 Å². The molecule has 1 unspecified atom stereocenters. The molecule has 148 valence electrons. The van der Waals surface area contributed by atoms with Crippen molar-refractivity contribution in [2.45, 2.75) is 30.3 Å². The molecule has 1 N–H and O–H groups in total. The molecule has 0 spiro atoms. The van der Waals surface area contributed by atoms with Gasteiger partial charge in [0, 0.05) is 24.2 Å². The summed E-state index contributed by atoms with van der Waals surface area (Å²) in [5.74, 6) is 1.39. The highest BCUT2D eigenvalue weighted by Crippen LogP contribution is 2.29. The normalized spacial score (nSPS) is 12.2. The maximum Gasteiger partial charge on any atom is 0.190 e. The Labute approximate surface area is 174 Å². The molecule has 2 aromatic carbocycles. The number of thioether (sulfide) groups is 1. The average Bonchev–Trinajstić information content (AvgIpc) is 3.18. The van der Waals surface area contributed by atoms with Crippen LogP contribution in [0.1, 0.15) is 24.9 Å². The number of nitrogens with zero attached hydrogens (tertiary/aromatic N) is 3. The summed E-state index contributed by atoms with van der Waals surface area (Å²) in [4.78, 5) is 9.46. The number of halogens is 1. The van der Waals surface area contributed by atoms with Gasteiger partial charge in [0.15, 0.2) is 11.0 Å². The summed E-state index contributed by atoms with van der Waals surface area (Å²) < 4.78 is 15.3. The number of nitrogens with one attached hydrogen (secondary N) is 1. The van der Waals surface area contributed by atoms with Crippen molar-refractivity contribution >= 4 is 17.4 Å². The predicted molar refractivity (Wildman–Crippen MR) is 117 cm³/mol. The summed E-state index contributed by atoms with van der Waals surface area (Å²) in [6.45, 7) is 3.00. The molecule has 2 aliphatic rings. The number of hydrogen-bond acceptors (Lipinski definition) is 4. The van der Waals surface area contributed by atoms with Crippen LogP contribution in [-0.4, -0.2) is 21.1 Å². The maximum absolute atomic E-state index is 13.1. The van der Waals surface area contributed by atoms with Crippen LogP contribution in [0.5, 0.6) is 0 Å². The summed E-state index contributed by atoms with van der Waals surface area (Å²) in [6.07, 6.45) is 3.06. The second kappa shape index (κ2) is 9.09. The number of aromatic nitrogens is 3. The van der Waals surface area contributed by atoms with Gasteiger partial charge in [-0.1, -0.05) is 49.0 Å². The fraction of sp³-hybridized carbons (Fsp3) is 0.217. The first-order chi connectivity index (χ1) is 14.2. The van der Waals surface area contributed by atoms with Crippen LogP contribution in [0.3, 0.4) is 0 Å². The van der Waals surface area contributed by atoms with Crippen molar-refractivity contribution in [3.8, 4) is 11.5 Å². The number of imidazole rings is 1. The largest absolute Gasteiger partial charge is 0.383 e. The Morgan fingerprint density at radius 2 is 1.79 bits per heavy atom. The first-order valence-electron chi connectivity index (χ1n) is 9.73. The van der Waals surface area contributed by atoms with E-state index in [2.05, 4.69) is 40.1 Å². The van der Waals surface area contributed by atoms with Gasteiger partial charge in [-0.05, 0) is 48.4 Å². The molecule has 2 heterocycles. The Morgan fingerprint density at radius 3 is 2.55 bits per heavy atom. The van der Waals surface area contributed by atoms with Crippen LogP contribution < -0.4 is 5.32 Å². The third kappa shape index (κ3) is 4.77. The molecule has 0 aliphatic carbocycles. The number of pyridine rings is 1. The van der Waals surface area contributed by atoms with Crippen molar-refractivity contribution in [2.75, 3.05) is 11.9 Å². The third-order valence-corrected chi connectivity index (χ3v) is 5.77. The third-order valence-electron chi connectivity index (χ3n) is 4.85. The van der Waals surface area contributed by atoms with Gasteiger partial charge in [-0.15, -0.1) is 0 Å². The summed E-state index contributed by atoms with van der Waals surface area (Å²) in [6, 6.07) is 21.1. The summed E-state index contributed by atoms with van der Waals surface area (Å²) in [7, 11) is 0. The van der Waals surface area contributed by atoms with Crippen LogP contribution in [0.25, 0.3) is 11.5 Å². The Hall–Kier alpha value is -2.86. The topological polar surface area (TPSA) is 42.7 Å². The second-order valence-corrected chi connectivity index (χ2v) is 7.80. The van der Waals surface area contributed by atoms with Crippen LogP contribution in [0.2, 0.25) is 0 Å². The summed E-state index contributed by atoms with van der Waals surface area (Å²) >= 11 is 1.57. The zero-order chi connectivity index (χ0) is 20.1. The van der Waals surface area contributed by atoms with Crippen molar-refractivity contribution in [1.29, 1.82) is 0 Å². The number of benzene rings is 2. The van der Waals surface area contributed by atoms with E-state index in [4.69, 9.17) is 4.98 Å². The molecule has 0 saturated carbocycles. The van der Waals surface area contributed by atoms with E-state index in [-0.39, 0.29) is 11.9 Å². The van der Waals surface area contributed by atoms with Crippen molar-refractivity contribution in [1.82, 2.24) is 14.5 Å². The van der Waals surface area contributed by atoms with Gasteiger partial charge in [0.05, 0.1) is 6.04 Å². The fourth-order valence-electron chi connectivity index (χ4n) is 3.24. The maximum atomic E-state index is 13.1. The van der Waals surface area contributed by atoms with Gasteiger partial charge in [0.2, 0.25) is 0 Å². The van der Waals surface area contributed by atoms with Gasteiger partial charge in [-0.25, -0.2) is 14.4 Å². The van der Waals surface area contributed by atoms with Crippen LogP contribution >= 0.6 is 11.8 Å². The number of anilines is 1. The lowest BCUT2D eigenvalue weighted by atomic mass is 10.2. The monoisotopic (exact) mass is 406 g/mol. The fourth-order valence-corrected chi connectivity index (χ4v) is 4.05. The number of para-hydroxylation sites is 1. The SMILES string of the molecule is CCC(CNc1ccccc1)n1cccc2nc(SCc3ccc(F)cc3)nc1-2. The van der Waals surface area contributed by atoms with Gasteiger partial charge in [-0.3, -0.25) is 0 Å². The lowest BCUT2D eigenvalue weighted by Gasteiger charge is -2.22. The van der Waals surface area contributed by atoms with Crippen LogP contribution in [0.4, 0.5) is 10.1 Å². The quantitative estimate of drug-likeness (QED) is 0.371. The molecule has 2 aromatic rings. The molecule has 4 rings (SSSR count). The lowest BCUT2D eigenvalue weighted by Crippen LogP contribution is -2.20. The van der Waals surface area contributed by atoms with Crippen LogP contribution in [0, 0.1) is 5.82 Å². The van der Waals surface area contributed by atoms with Crippen molar-refractivity contribution < 1.29 is 4.39 Å². The molecule has 4 nitrogen and oxygen atoms in total. The van der Waals surface area contributed by atoms with E-state index in [1.165, 1.54) is 12.1 Å². The smallest absolute Gasteiger partial charge is 0.190 e. The Kier molecular flexibility index (Phi) is 6.10. The molecule has 0 fully saturated rings. The first-order valence-corrected chi connectivity index (χ1v) is 10.7. The molecule has 0 bridgehead atoms. The Morgan fingerprint density at radius 1 is 1.00 bits per heavy atom. The van der Waals surface area contributed by atoms with E-state index >= 15 is 0 Å². The minimum absolute atomic E-state index is 0.218. The van der Waals surface area contributed by atoms with Crippen molar-refractivity contribution in [3.05, 3.63) is 84.3 Å². The number of hydrogen-bond donors (Lipinski definition) is 1.